The van der Waals surface area contributed by atoms with Crippen molar-refractivity contribution >= 4 is 27.7 Å². The summed E-state index contributed by atoms with van der Waals surface area (Å²) in [5.41, 5.74) is 5.87. The normalized spacial score (nSPS) is 10.3. The predicted octanol–water partition coefficient (Wildman–Crippen LogP) is 1.99. The molecule has 0 amide bonds. The van der Waals surface area contributed by atoms with E-state index in [4.69, 9.17) is 10.5 Å². The Hall–Kier alpha value is -1.10. The molecule has 2 N–H and O–H groups in total. The van der Waals surface area contributed by atoms with Gasteiger partial charge in [-0.15, -0.1) is 0 Å². The Labute approximate surface area is 90.6 Å². The fraction of sp³-hybridized carbons (Fsp3) is 0.333. The van der Waals surface area contributed by atoms with Crippen molar-refractivity contribution in [1.29, 1.82) is 0 Å². The molecule has 0 fully saturated rings. The molecule has 76 valence electrons. The number of hydrogen-bond donors (Lipinski definition) is 1. The van der Waals surface area contributed by atoms with Crippen LogP contribution in [0.15, 0.2) is 16.7 Å². The molecule has 14 heavy (non-hydrogen) atoms. The molecule has 0 aliphatic rings. The Kier molecular flexibility index (Phi) is 3.46. The number of rotatable bonds is 2. The van der Waals surface area contributed by atoms with Crippen LogP contribution in [0.2, 0.25) is 0 Å². The summed E-state index contributed by atoms with van der Waals surface area (Å²) in [5.74, 6) is -0.0423. The van der Waals surface area contributed by atoms with Gasteiger partial charge in [-0.3, -0.25) is 0 Å². The molecule has 0 aliphatic heterocycles. The van der Waals surface area contributed by atoms with Crippen molar-refractivity contribution in [3.8, 4) is 0 Å². The second-order valence-corrected chi connectivity index (χ2v) is 3.90. The summed E-state index contributed by atoms with van der Waals surface area (Å²) in [7, 11) is 0. The molecule has 0 atom stereocenters. The number of esters is 1. The van der Waals surface area contributed by atoms with Crippen LogP contribution in [0.25, 0.3) is 0 Å². The summed E-state index contributed by atoms with van der Waals surface area (Å²) in [5, 5.41) is 0. The number of hydrogen-bond acceptors (Lipinski definition) is 4. The number of nitrogens with zero attached hydrogens (tertiary/aromatic N) is 1. The molecule has 1 aromatic rings. The largest absolute Gasteiger partial charge is 0.459 e. The minimum Gasteiger partial charge on any atom is -0.459 e. The van der Waals surface area contributed by atoms with Gasteiger partial charge in [0.1, 0.15) is 5.82 Å². The Balaban J connectivity index is 2.86. The van der Waals surface area contributed by atoms with Gasteiger partial charge < -0.3 is 10.5 Å². The van der Waals surface area contributed by atoms with E-state index in [1.165, 1.54) is 6.20 Å². The summed E-state index contributed by atoms with van der Waals surface area (Å²) >= 11 is 3.19. The van der Waals surface area contributed by atoms with Crippen LogP contribution < -0.4 is 5.73 Å². The fourth-order valence-corrected chi connectivity index (χ4v) is 1.19. The van der Waals surface area contributed by atoms with E-state index in [2.05, 4.69) is 20.9 Å². The fourth-order valence-electron chi connectivity index (χ4n) is 0.842. The molecule has 1 aromatic heterocycles. The van der Waals surface area contributed by atoms with Crippen molar-refractivity contribution in [1.82, 2.24) is 4.98 Å². The van der Waals surface area contributed by atoms with E-state index in [0.717, 1.165) is 0 Å². The zero-order chi connectivity index (χ0) is 10.7. The van der Waals surface area contributed by atoms with E-state index in [1.54, 1.807) is 19.9 Å². The van der Waals surface area contributed by atoms with Gasteiger partial charge in [0.2, 0.25) is 0 Å². The number of carbonyl (C=O) groups is 1. The third kappa shape index (κ3) is 2.70. The Morgan fingerprint density at radius 3 is 2.79 bits per heavy atom. The summed E-state index contributed by atoms with van der Waals surface area (Å²) in [6, 6.07) is 1.59. The van der Waals surface area contributed by atoms with Gasteiger partial charge in [0.05, 0.1) is 16.1 Å². The third-order valence-electron chi connectivity index (χ3n) is 1.45. The lowest BCUT2D eigenvalue weighted by molar-refractivity contribution is 0.0377. The number of carbonyl (C=O) groups excluding carboxylic acids is 1. The van der Waals surface area contributed by atoms with Crippen LogP contribution in [0.3, 0.4) is 0 Å². The molecule has 0 bridgehead atoms. The first-order chi connectivity index (χ1) is 6.50. The van der Waals surface area contributed by atoms with Crippen molar-refractivity contribution in [2.45, 2.75) is 20.0 Å². The number of aromatic nitrogens is 1. The van der Waals surface area contributed by atoms with Crippen LogP contribution in [-0.2, 0) is 4.74 Å². The van der Waals surface area contributed by atoms with E-state index >= 15 is 0 Å². The van der Waals surface area contributed by atoms with Crippen molar-refractivity contribution in [3.05, 3.63) is 22.3 Å². The minimum absolute atomic E-state index is 0.140. The monoisotopic (exact) mass is 258 g/mol. The Morgan fingerprint density at radius 1 is 1.64 bits per heavy atom. The summed E-state index contributed by atoms with van der Waals surface area (Å²) in [4.78, 5) is 15.2. The number of nitrogen functional groups attached to an aromatic ring is 1. The highest BCUT2D eigenvalue weighted by Crippen LogP contribution is 2.18. The average Bonchev–Trinajstić information content (AvgIpc) is 2.08. The van der Waals surface area contributed by atoms with Crippen molar-refractivity contribution < 1.29 is 9.53 Å². The van der Waals surface area contributed by atoms with Crippen LogP contribution >= 0.6 is 15.9 Å². The molecule has 0 unspecified atom stereocenters. The zero-order valence-electron chi connectivity index (χ0n) is 7.95. The van der Waals surface area contributed by atoms with Crippen LogP contribution in [0.1, 0.15) is 24.2 Å². The van der Waals surface area contributed by atoms with Crippen LogP contribution in [0.5, 0.6) is 0 Å². The number of nitrogens with two attached hydrogens (primary N) is 1. The lowest BCUT2D eigenvalue weighted by atomic mass is 10.3. The lowest BCUT2D eigenvalue weighted by Crippen LogP contribution is -2.12. The topological polar surface area (TPSA) is 65.2 Å². The first-order valence-electron chi connectivity index (χ1n) is 4.12. The molecule has 0 radical (unpaired) electrons. The number of halogens is 1. The van der Waals surface area contributed by atoms with Gasteiger partial charge in [0, 0.05) is 6.20 Å². The van der Waals surface area contributed by atoms with Gasteiger partial charge >= 0.3 is 5.97 Å². The second kappa shape index (κ2) is 4.41. The molecule has 0 aliphatic carbocycles. The molecular formula is C9H11BrN2O2. The van der Waals surface area contributed by atoms with Crippen molar-refractivity contribution in [3.63, 3.8) is 0 Å². The molecule has 4 nitrogen and oxygen atoms in total. The van der Waals surface area contributed by atoms with Gasteiger partial charge in [0.15, 0.2) is 0 Å². The van der Waals surface area contributed by atoms with Gasteiger partial charge in [-0.05, 0) is 35.8 Å². The molecule has 0 spiro atoms. The maximum Gasteiger partial charge on any atom is 0.339 e. The third-order valence-corrected chi connectivity index (χ3v) is 2.08. The molecule has 5 heteroatoms. The maximum atomic E-state index is 11.4. The highest BCUT2D eigenvalue weighted by Gasteiger charge is 2.10. The summed E-state index contributed by atoms with van der Waals surface area (Å²) < 4.78 is 5.58. The van der Waals surface area contributed by atoms with Crippen LogP contribution in [0, 0.1) is 0 Å². The predicted molar refractivity (Wildman–Crippen MR) is 56.9 cm³/mol. The van der Waals surface area contributed by atoms with Crippen LogP contribution in [-0.4, -0.2) is 17.1 Å². The molecule has 0 saturated carbocycles. The highest BCUT2D eigenvalue weighted by atomic mass is 79.9. The first-order valence-corrected chi connectivity index (χ1v) is 4.92. The summed E-state index contributed by atoms with van der Waals surface area (Å²) in [6.07, 6.45) is 1.25. The van der Waals surface area contributed by atoms with Crippen molar-refractivity contribution in [2.75, 3.05) is 5.73 Å². The van der Waals surface area contributed by atoms with E-state index < -0.39 is 5.97 Å². The molecule has 0 aromatic carbocycles. The van der Waals surface area contributed by atoms with E-state index in [0.29, 0.717) is 15.9 Å². The van der Waals surface area contributed by atoms with Gasteiger partial charge in [-0.1, -0.05) is 0 Å². The van der Waals surface area contributed by atoms with E-state index in [1.807, 2.05) is 0 Å². The smallest absolute Gasteiger partial charge is 0.339 e. The van der Waals surface area contributed by atoms with E-state index in [-0.39, 0.29) is 6.10 Å². The number of anilines is 1. The second-order valence-electron chi connectivity index (χ2n) is 3.05. The Morgan fingerprint density at radius 2 is 2.29 bits per heavy atom. The van der Waals surface area contributed by atoms with Gasteiger partial charge in [-0.2, -0.15) is 0 Å². The molecule has 0 saturated heterocycles. The molecular weight excluding hydrogens is 248 g/mol. The average molecular weight is 259 g/mol. The number of ether oxygens (including phenoxy) is 1. The summed E-state index contributed by atoms with van der Waals surface area (Å²) in [6.45, 7) is 3.58. The maximum absolute atomic E-state index is 11.4. The SMILES string of the molecule is CC(C)OC(=O)c1cnc(N)c(Br)c1. The molecule has 1 rings (SSSR count). The van der Waals surface area contributed by atoms with Gasteiger partial charge in [0.25, 0.3) is 0 Å². The standard InChI is InChI=1S/C9H11BrN2O2/c1-5(2)14-9(13)6-3-7(10)8(11)12-4-6/h3-5H,1-2H3,(H2,11,12). The Bertz CT molecular complexity index is 353. The number of pyridine rings is 1. The first kappa shape index (κ1) is 11.0. The lowest BCUT2D eigenvalue weighted by Gasteiger charge is -2.07. The molecule has 1 heterocycles. The minimum atomic E-state index is -0.395. The van der Waals surface area contributed by atoms with E-state index in [9.17, 15) is 4.79 Å². The van der Waals surface area contributed by atoms with Crippen molar-refractivity contribution in [2.24, 2.45) is 0 Å². The van der Waals surface area contributed by atoms with Crippen LogP contribution in [0.4, 0.5) is 5.82 Å². The quantitative estimate of drug-likeness (QED) is 0.825. The highest BCUT2D eigenvalue weighted by molar-refractivity contribution is 9.10. The zero-order valence-corrected chi connectivity index (χ0v) is 9.54. The van der Waals surface area contributed by atoms with Gasteiger partial charge in [-0.25, -0.2) is 9.78 Å².